The van der Waals surface area contributed by atoms with Gasteiger partial charge in [-0.25, -0.2) is 0 Å². The van der Waals surface area contributed by atoms with Crippen LogP contribution in [0, 0.1) is 5.92 Å². The van der Waals surface area contributed by atoms with E-state index in [-0.39, 0.29) is 7.92 Å². The largest absolute Gasteiger partial charge is 0.0924 e. The van der Waals surface area contributed by atoms with Crippen molar-refractivity contribution in [2.24, 2.45) is 5.92 Å². The zero-order valence-corrected chi connectivity index (χ0v) is 28.9. The normalized spacial score (nSPS) is 21.9. The molecule has 4 atom stereocenters. The Morgan fingerprint density at radius 1 is 0.619 bits per heavy atom. The van der Waals surface area contributed by atoms with Crippen molar-refractivity contribution in [1.29, 1.82) is 0 Å². The van der Waals surface area contributed by atoms with Gasteiger partial charge in [0, 0.05) is 0 Å². The lowest BCUT2D eigenvalue weighted by atomic mass is 9.92. The van der Waals surface area contributed by atoms with Crippen LogP contribution in [0.2, 0.25) is 0 Å². The number of fused-ring (bicyclic) bond motifs is 2. The van der Waals surface area contributed by atoms with E-state index in [2.05, 4.69) is 127 Å². The molecule has 0 amide bonds. The zero-order chi connectivity index (χ0) is 29.6. The van der Waals surface area contributed by atoms with Crippen LogP contribution in [-0.2, 0) is 0 Å². The van der Waals surface area contributed by atoms with Crippen LogP contribution in [0.15, 0.2) is 78.9 Å². The Morgan fingerprint density at radius 3 is 1.90 bits per heavy atom. The molecule has 0 radical (unpaired) electrons. The molecule has 2 aliphatic rings. The predicted octanol–water partition coefficient (Wildman–Crippen LogP) is 11.7. The lowest BCUT2D eigenvalue weighted by Crippen LogP contribution is -2.37. The second-order valence-corrected chi connectivity index (χ2v) is 21.8. The van der Waals surface area contributed by atoms with Crippen molar-refractivity contribution in [1.82, 2.24) is 0 Å². The summed E-state index contributed by atoms with van der Waals surface area (Å²) in [6.45, 7) is 17.8. The molecule has 42 heavy (non-hydrogen) atoms. The monoisotopic (exact) mass is 594 g/mol. The van der Waals surface area contributed by atoms with Crippen molar-refractivity contribution < 1.29 is 0 Å². The van der Waals surface area contributed by atoms with Crippen molar-refractivity contribution in [2.75, 3.05) is 0 Å². The minimum absolute atomic E-state index is 0.177. The van der Waals surface area contributed by atoms with Gasteiger partial charge in [-0.05, 0) is 105 Å². The summed E-state index contributed by atoms with van der Waals surface area (Å²) in [7, 11) is -0.717. The maximum atomic E-state index is 2.66. The van der Waals surface area contributed by atoms with E-state index in [1.165, 1.54) is 61.1 Å². The average Bonchev–Trinajstić information content (AvgIpc) is 3.65. The first-order chi connectivity index (χ1) is 20.1. The number of benzene rings is 4. The minimum Gasteiger partial charge on any atom is -0.0924 e. The Hall–Kier alpha value is -1.74. The molecule has 6 rings (SSSR count). The Labute approximate surface area is 258 Å². The van der Waals surface area contributed by atoms with E-state index in [1.54, 1.807) is 21.6 Å². The summed E-state index contributed by atoms with van der Waals surface area (Å²) in [5.41, 5.74) is 3.11. The standard InChI is InChI=1S/C40H52P2/c1-28(42(39(2,3)4)40(5,6)7)32-23-15-26-35(32)41(36-25-13-19-29-16-10-11-22-33(29)36)37-27-14-21-31-20-12-24-34(38(31)37)30-17-8-9-18-30/h10-14,16,19-22,24-25,27-28,30,32,35H,8-9,15,17-18,23,26H2,1-7H3/t28-,32?,35?,41?/m1/s1. The lowest BCUT2D eigenvalue weighted by molar-refractivity contribution is 0.527. The van der Waals surface area contributed by atoms with Crippen LogP contribution in [0.25, 0.3) is 21.5 Å². The summed E-state index contributed by atoms with van der Waals surface area (Å²) in [4.78, 5) is 0. The van der Waals surface area contributed by atoms with E-state index in [0.29, 0.717) is 16.2 Å². The molecule has 0 aromatic heterocycles. The van der Waals surface area contributed by atoms with Gasteiger partial charge in [-0.1, -0.05) is 155 Å². The van der Waals surface area contributed by atoms with Crippen LogP contribution in [0.5, 0.6) is 0 Å². The van der Waals surface area contributed by atoms with E-state index in [1.807, 2.05) is 0 Å². The van der Waals surface area contributed by atoms with E-state index in [4.69, 9.17) is 0 Å². The highest BCUT2D eigenvalue weighted by Gasteiger charge is 2.46. The van der Waals surface area contributed by atoms with Crippen LogP contribution in [0.4, 0.5) is 0 Å². The third kappa shape index (κ3) is 5.73. The van der Waals surface area contributed by atoms with Gasteiger partial charge in [0.2, 0.25) is 0 Å². The molecule has 2 aliphatic carbocycles. The van der Waals surface area contributed by atoms with Crippen molar-refractivity contribution in [3.63, 3.8) is 0 Å². The third-order valence-corrected chi connectivity index (χ3v) is 17.5. The predicted molar refractivity (Wildman–Crippen MR) is 192 cm³/mol. The van der Waals surface area contributed by atoms with Crippen molar-refractivity contribution in [2.45, 2.75) is 121 Å². The van der Waals surface area contributed by atoms with E-state index in [9.17, 15) is 0 Å². The highest BCUT2D eigenvalue weighted by Crippen LogP contribution is 2.67. The summed E-state index contributed by atoms with van der Waals surface area (Å²) in [6.07, 6.45) is 9.60. The van der Waals surface area contributed by atoms with E-state index >= 15 is 0 Å². The molecule has 0 spiro atoms. The summed E-state index contributed by atoms with van der Waals surface area (Å²) in [5, 5.41) is 9.92. The average molecular weight is 595 g/mol. The quantitative estimate of drug-likeness (QED) is 0.195. The van der Waals surface area contributed by atoms with Crippen LogP contribution in [0.3, 0.4) is 0 Å². The van der Waals surface area contributed by atoms with Gasteiger partial charge in [0.25, 0.3) is 0 Å². The molecule has 0 N–H and O–H groups in total. The summed E-state index contributed by atoms with van der Waals surface area (Å²) in [6, 6.07) is 30.9. The molecule has 2 saturated carbocycles. The Morgan fingerprint density at radius 2 is 1.21 bits per heavy atom. The van der Waals surface area contributed by atoms with Crippen molar-refractivity contribution >= 4 is 48.0 Å². The minimum atomic E-state index is -0.540. The van der Waals surface area contributed by atoms with E-state index < -0.39 is 7.92 Å². The van der Waals surface area contributed by atoms with Gasteiger partial charge < -0.3 is 0 Å². The molecule has 0 saturated heterocycles. The molecule has 0 bridgehead atoms. The highest BCUT2D eigenvalue weighted by molar-refractivity contribution is 7.74. The molecule has 3 unspecified atom stereocenters. The van der Waals surface area contributed by atoms with Gasteiger partial charge in [0.15, 0.2) is 0 Å². The van der Waals surface area contributed by atoms with Gasteiger partial charge in [-0.2, -0.15) is 0 Å². The number of hydrogen-bond donors (Lipinski definition) is 0. The Balaban J connectivity index is 1.58. The van der Waals surface area contributed by atoms with Gasteiger partial charge in [-0.15, -0.1) is 0 Å². The molecule has 2 fully saturated rings. The maximum Gasteiger partial charge on any atom is -0.00686 e. The van der Waals surface area contributed by atoms with E-state index in [0.717, 1.165) is 17.2 Å². The molecule has 222 valence electrons. The summed E-state index contributed by atoms with van der Waals surface area (Å²) < 4.78 is 0. The topological polar surface area (TPSA) is 0 Å². The second-order valence-electron chi connectivity index (χ2n) is 15.2. The number of hydrogen-bond acceptors (Lipinski definition) is 0. The highest BCUT2D eigenvalue weighted by atomic mass is 31.1. The molecule has 4 aromatic carbocycles. The van der Waals surface area contributed by atoms with Crippen molar-refractivity contribution in [3.8, 4) is 0 Å². The molecular formula is C40H52P2. The zero-order valence-electron chi connectivity index (χ0n) is 27.2. The molecule has 0 heterocycles. The molecule has 4 aromatic rings. The fourth-order valence-corrected chi connectivity index (χ4v) is 18.3. The Kier molecular flexibility index (Phi) is 8.64. The fraction of sp³-hybridized carbons (Fsp3) is 0.500. The van der Waals surface area contributed by atoms with Gasteiger partial charge in [-0.3, -0.25) is 0 Å². The van der Waals surface area contributed by atoms with Gasteiger partial charge in [0.1, 0.15) is 0 Å². The van der Waals surface area contributed by atoms with Gasteiger partial charge in [0.05, 0.1) is 0 Å². The smallest absolute Gasteiger partial charge is 0.00686 e. The summed E-state index contributed by atoms with van der Waals surface area (Å²) in [5.74, 6) is 1.49. The van der Waals surface area contributed by atoms with Crippen LogP contribution < -0.4 is 10.6 Å². The third-order valence-electron chi connectivity index (χ3n) is 10.3. The first-order valence-corrected chi connectivity index (χ1v) is 19.5. The fourth-order valence-electron chi connectivity index (χ4n) is 9.30. The Bertz CT molecular complexity index is 1510. The van der Waals surface area contributed by atoms with Crippen molar-refractivity contribution in [3.05, 3.63) is 84.4 Å². The van der Waals surface area contributed by atoms with Crippen LogP contribution >= 0.6 is 15.8 Å². The number of rotatable bonds is 6. The lowest BCUT2D eigenvalue weighted by Gasteiger charge is -2.49. The summed E-state index contributed by atoms with van der Waals surface area (Å²) >= 11 is 0. The maximum absolute atomic E-state index is 2.66. The molecule has 2 heteroatoms. The van der Waals surface area contributed by atoms with Crippen LogP contribution in [-0.4, -0.2) is 21.6 Å². The molecule has 0 aliphatic heterocycles. The molecular weight excluding hydrogens is 542 g/mol. The molecule has 0 nitrogen and oxygen atoms in total. The second kappa shape index (κ2) is 12.0. The SMILES string of the molecule is C[C@H](C1CCCC1P(c1cccc2ccccc12)c1cccc2cccc(C3CCCC3)c12)P(C(C)(C)C)C(C)(C)C. The van der Waals surface area contributed by atoms with Crippen LogP contribution in [0.1, 0.15) is 105 Å². The van der Waals surface area contributed by atoms with Gasteiger partial charge >= 0.3 is 0 Å². The first kappa shape index (κ1) is 30.3. The first-order valence-electron chi connectivity index (χ1n) is 16.6.